The first-order chi connectivity index (χ1) is 17.8. The Morgan fingerprint density at radius 1 is 1.03 bits per heavy atom. The molecular formula is C28H25F3N2O4. The van der Waals surface area contributed by atoms with Gasteiger partial charge in [0.05, 0.1) is 36.5 Å². The molecule has 3 aromatic rings. The van der Waals surface area contributed by atoms with Crippen LogP contribution in [0.1, 0.15) is 41.0 Å². The van der Waals surface area contributed by atoms with E-state index in [1.807, 2.05) is 36.4 Å². The Morgan fingerprint density at radius 2 is 1.62 bits per heavy atom. The molecule has 2 unspecified atom stereocenters. The van der Waals surface area contributed by atoms with Crippen LogP contribution >= 0.6 is 0 Å². The number of benzene rings is 2. The molecule has 37 heavy (non-hydrogen) atoms. The van der Waals surface area contributed by atoms with Crippen molar-refractivity contribution in [3.63, 3.8) is 0 Å². The van der Waals surface area contributed by atoms with Gasteiger partial charge in [-0.25, -0.2) is 4.79 Å². The lowest BCUT2D eigenvalue weighted by Crippen LogP contribution is -2.62. The van der Waals surface area contributed by atoms with E-state index in [1.165, 1.54) is 4.90 Å². The summed E-state index contributed by atoms with van der Waals surface area (Å²) in [6, 6.07) is 15.7. The zero-order chi connectivity index (χ0) is 25.8. The highest BCUT2D eigenvalue weighted by Crippen LogP contribution is 2.47. The van der Waals surface area contributed by atoms with Crippen molar-refractivity contribution in [1.82, 2.24) is 9.88 Å². The molecule has 9 heteroatoms. The van der Waals surface area contributed by atoms with E-state index in [9.17, 15) is 23.1 Å². The van der Waals surface area contributed by atoms with E-state index in [-0.39, 0.29) is 44.1 Å². The molecule has 0 saturated carbocycles. The SMILES string of the molecule is O=C(OCC1c2ccccc2-c2ccccc21)N1C2COCC1CC(O)(c1cnccc1C(F)(F)F)C2. The number of carbonyl (C=O) groups is 1. The Morgan fingerprint density at radius 3 is 2.22 bits per heavy atom. The number of rotatable bonds is 3. The number of pyridine rings is 1. The molecule has 2 atom stereocenters. The fraction of sp³-hybridized carbons (Fsp3) is 0.357. The van der Waals surface area contributed by atoms with E-state index >= 15 is 0 Å². The van der Waals surface area contributed by atoms with Gasteiger partial charge in [-0.05, 0) is 28.3 Å². The van der Waals surface area contributed by atoms with Crippen LogP contribution in [-0.4, -0.2) is 53.0 Å². The van der Waals surface area contributed by atoms with Crippen LogP contribution in [0.5, 0.6) is 0 Å². The normalized spacial score (nSPS) is 24.9. The van der Waals surface area contributed by atoms with E-state index < -0.39 is 35.5 Å². The lowest BCUT2D eigenvalue weighted by Gasteiger charge is -2.51. The molecule has 2 aliphatic heterocycles. The van der Waals surface area contributed by atoms with Crippen LogP contribution in [0.2, 0.25) is 0 Å². The summed E-state index contributed by atoms with van der Waals surface area (Å²) in [7, 11) is 0. The number of piperidine rings is 1. The van der Waals surface area contributed by atoms with Gasteiger partial charge in [0.15, 0.2) is 0 Å². The third-order valence-corrected chi connectivity index (χ3v) is 7.73. The minimum atomic E-state index is -4.64. The second kappa shape index (κ2) is 8.85. The zero-order valence-corrected chi connectivity index (χ0v) is 19.8. The average Bonchev–Trinajstić information content (AvgIpc) is 3.20. The maximum Gasteiger partial charge on any atom is 0.416 e. The van der Waals surface area contributed by atoms with Crippen LogP contribution in [0.25, 0.3) is 11.1 Å². The molecule has 2 fully saturated rings. The predicted octanol–water partition coefficient (Wildman–Crippen LogP) is 5.10. The van der Waals surface area contributed by atoms with Gasteiger partial charge in [-0.15, -0.1) is 0 Å². The molecule has 0 spiro atoms. The maximum absolute atomic E-state index is 13.7. The van der Waals surface area contributed by atoms with Crippen molar-refractivity contribution in [3.8, 4) is 11.1 Å². The predicted molar refractivity (Wildman–Crippen MR) is 128 cm³/mol. The summed E-state index contributed by atoms with van der Waals surface area (Å²) in [6.07, 6.45) is -3.27. The molecule has 6 rings (SSSR count). The summed E-state index contributed by atoms with van der Waals surface area (Å²) in [5, 5.41) is 11.4. The molecular weight excluding hydrogens is 485 g/mol. The Kier molecular flexibility index (Phi) is 5.72. The van der Waals surface area contributed by atoms with Gasteiger partial charge in [-0.1, -0.05) is 48.5 Å². The Labute approximate surface area is 211 Å². The number of alkyl halides is 3. The van der Waals surface area contributed by atoms with Crippen LogP contribution in [-0.2, 0) is 21.3 Å². The largest absolute Gasteiger partial charge is 0.448 e. The van der Waals surface area contributed by atoms with Gasteiger partial charge in [-0.2, -0.15) is 13.2 Å². The number of amides is 1. The number of aliphatic hydroxyl groups is 1. The van der Waals surface area contributed by atoms with E-state index in [1.54, 1.807) is 0 Å². The number of morpholine rings is 1. The van der Waals surface area contributed by atoms with Gasteiger partial charge in [0.1, 0.15) is 6.61 Å². The Balaban J connectivity index is 1.22. The summed E-state index contributed by atoms with van der Waals surface area (Å²) >= 11 is 0. The number of fused-ring (bicyclic) bond motifs is 5. The molecule has 1 N–H and O–H groups in total. The van der Waals surface area contributed by atoms with Crippen LogP contribution in [0.4, 0.5) is 18.0 Å². The van der Waals surface area contributed by atoms with Crippen molar-refractivity contribution in [1.29, 1.82) is 0 Å². The van der Waals surface area contributed by atoms with Gasteiger partial charge in [0, 0.05) is 36.7 Å². The number of halogens is 3. The summed E-state index contributed by atoms with van der Waals surface area (Å²) in [4.78, 5) is 18.7. The molecule has 2 aromatic carbocycles. The van der Waals surface area contributed by atoms with Gasteiger partial charge in [0.2, 0.25) is 0 Å². The highest BCUT2D eigenvalue weighted by molar-refractivity contribution is 5.79. The van der Waals surface area contributed by atoms with Gasteiger partial charge in [-0.3, -0.25) is 9.88 Å². The number of carbonyl (C=O) groups excluding carboxylic acids is 1. The van der Waals surface area contributed by atoms with Crippen LogP contribution in [0.15, 0.2) is 67.0 Å². The number of ether oxygens (including phenoxy) is 2. The molecule has 1 aromatic heterocycles. The molecule has 3 heterocycles. The third-order valence-electron chi connectivity index (χ3n) is 7.73. The number of hydrogen-bond acceptors (Lipinski definition) is 5. The van der Waals surface area contributed by atoms with Crippen molar-refractivity contribution in [2.24, 2.45) is 0 Å². The van der Waals surface area contributed by atoms with Crippen molar-refractivity contribution < 1.29 is 32.5 Å². The molecule has 2 bridgehead atoms. The highest BCUT2D eigenvalue weighted by atomic mass is 19.4. The Hall–Kier alpha value is -3.43. The molecule has 3 aliphatic rings. The second-order valence-corrected chi connectivity index (χ2v) is 9.92. The third kappa shape index (κ3) is 4.06. The summed E-state index contributed by atoms with van der Waals surface area (Å²) in [5.41, 5.74) is 1.42. The molecule has 1 amide bonds. The lowest BCUT2D eigenvalue weighted by molar-refractivity contribution is -0.153. The van der Waals surface area contributed by atoms with Gasteiger partial charge < -0.3 is 14.6 Å². The number of nitrogens with zero attached hydrogens (tertiary/aromatic N) is 2. The lowest BCUT2D eigenvalue weighted by atomic mass is 9.76. The first kappa shape index (κ1) is 23.9. The number of hydrogen-bond donors (Lipinski definition) is 1. The molecule has 6 nitrogen and oxygen atoms in total. The van der Waals surface area contributed by atoms with Crippen LogP contribution < -0.4 is 0 Å². The first-order valence-electron chi connectivity index (χ1n) is 12.2. The maximum atomic E-state index is 13.7. The first-order valence-corrected chi connectivity index (χ1v) is 12.2. The summed E-state index contributed by atoms with van der Waals surface area (Å²) in [5.74, 6) is -0.112. The van der Waals surface area contributed by atoms with Crippen molar-refractivity contribution >= 4 is 6.09 Å². The van der Waals surface area contributed by atoms with Crippen LogP contribution in [0.3, 0.4) is 0 Å². The summed E-state index contributed by atoms with van der Waals surface area (Å²) in [6.45, 7) is 0.337. The topological polar surface area (TPSA) is 71.9 Å². The second-order valence-electron chi connectivity index (χ2n) is 9.92. The van der Waals surface area contributed by atoms with E-state index in [0.717, 1.165) is 40.7 Å². The highest BCUT2D eigenvalue weighted by Gasteiger charge is 2.52. The van der Waals surface area contributed by atoms with Gasteiger partial charge in [0.25, 0.3) is 0 Å². The van der Waals surface area contributed by atoms with Crippen molar-refractivity contribution in [2.45, 2.75) is 42.6 Å². The summed E-state index contributed by atoms with van der Waals surface area (Å²) < 4.78 is 52.5. The smallest absolute Gasteiger partial charge is 0.416 e. The molecule has 2 saturated heterocycles. The number of aromatic nitrogens is 1. The van der Waals surface area contributed by atoms with E-state index in [0.29, 0.717) is 0 Å². The standard InChI is InChI=1S/C28H25F3N2O4/c29-28(30,31)24-9-10-32-13-25(24)27(35)11-17-14-36-15-18(12-27)33(17)26(34)37-16-23-21-7-3-1-5-19(21)20-6-2-4-8-22(20)23/h1-10,13,17-18,23,35H,11-12,14-16H2. The Bertz CT molecular complexity index is 1290. The molecule has 1 aliphatic carbocycles. The minimum Gasteiger partial charge on any atom is -0.448 e. The van der Waals surface area contributed by atoms with E-state index in [2.05, 4.69) is 17.1 Å². The molecule has 192 valence electrons. The fourth-order valence-electron chi connectivity index (χ4n) is 6.18. The van der Waals surface area contributed by atoms with Gasteiger partial charge >= 0.3 is 12.3 Å². The average molecular weight is 511 g/mol. The monoisotopic (exact) mass is 510 g/mol. The van der Waals surface area contributed by atoms with Crippen molar-refractivity contribution in [2.75, 3.05) is 19.8 Å². The van der Waals surface area contributed by atoms with Crippen molar-refractivity contribution in [3.05, 3.63) is 89.2 Å². The zero-order valence-electron chi connectivity index (χ0n) is 19.8. The van der Waals surface area contributed by atoms with Crippen LogP contribution in [0, 0.1) is 0 Å². The minimum absolute atomic E-state index is 0.102. The molecule has 0 radical (unpaired) electrons. The van der Waals surface area contributed by atoms with E-state index in [4.69, 9.17) is 9.47 Å². The fourth-order valence-corrected chi connectivity index (χ4v) is 6.18. The quantitative estimate of drug-likeness (QED) is 0.531.